The molecule has 0 aliphatic carbocycles. The summed E-state index contributed by atoms with van der Waals surface area (Å²) in [5.41, 5.74) is 5.08. The van der Waals surface area contributed by atoms with Gasteiger partial charge in [0, 0.05) is 10.1 Å². The molecule has 0 radical (unpaired) electrons. The van der Waals surface area contributed by atoms with E-state index in [1.165, 1.54) is 0 Å². The van der Waals surface area contributed by atoms with Crippen molar-refractivity contribution in [2.24, 2.45) is 5.73 Å². The summed E-state index contributed by atoms with van der Waals surface area (Å²) in [5.74, 6) is -1.74. The number of carbonyl (C=O) groups is 1. The molecule has 0 aliphatic rings. The van der Waals surface area contributed by atoms with Gasteiger partial charge < -0.3 is 15.2 Å². The molecule has 0 bridgehead atoms. The second-order valence-corrected chi connectivity index (χ2v) is 4.17. The van der Waals surface area contributed by atoms with Crippen molar-refractivity contribution in [2.45, 2.75) is 12.9 Å². The molecule has 0 fully saturated rings. The molecule has 1 rings (SSSR count). The van der Waals surface area contributed by atoms with E-state index in [1.807, 2.05) is 0 Å². The molecule has 18 heavy (non-hydrogen) atoms. The minimum Gasteiger partial charge on any atom is -0.464 e. The van der Waals surface area contributed by atoms with Crippen molar-refractivity contribution in [3.63, 3.8) is 0 Å². The van der Waals surface area contributed by atoms with Crippen LogP contribution in [0.2, 0.25) is 0 Å². The first-order valence-corrected chi connectivity index (χ1v) is 5.60. The summed E-state index contributed by atoms with van der Waals surface area (Å²) < 4.78 is 44.9. The summed E-state index contributed by atoms with van der Waals surface area (Å²) >= 11 is 1.75. The second-order valence-electron chi connectivity index (χ2n) is 3.01. The summed E-state index contributed by atoms with van der Waals surface area (Å²) in [5, 5.41) is 0. The molecule has 100 valence electrons. The zero-order valence-corrected chi connectivity index (χ0v) is 11.2. The Kier molecular flexibility index (Phi) is 4.73. The van der Waals surface area contributed by atoms with Crippen molar-refractivity contribution in [1.29, 1.82) is 0 Å². The molecule has 0 unspecified atom stereocenters. The van der Waals surface area contributed by atoms with E-state index in [0.717, 1.165) is 13.2 Å². The Hall–Kier alpha value is -1.10. The minimum absolute atomic E-state index is 0.0193. The van der Waals surface area contributed by atoms with Gasteiger partial charge in [0.1, 0.15) is 0 Å². The van der Waals surface area contributed by atoms with E-state index in [4.69, 9.17) is 5.73 Å². The maximum atomic E-state index is 12.2. The van der Waals surface area contributed by atoms with Crippen LogP contribution in [0.25, 0.3) is 0 Å². The summed E-state index contributed by atoms with van der Waals surface area (Å²) in [6, 6.07) is 1.04. The number of halogens is 4. The number of rotatable bonds is 3. The van der Waals surface area contributed by atoms with E-state index in [9.17, 15) is 18.0 Å². The predicted octanol–water partition coefficient (Wildman–Crippen LogP) is 1.83. The van der Waals surface area contributed by atoms with Gasteiger partial charge in [-0.05, 0) is 28.7 Å². The van der Waals surface area contributed by atoms with Crippen LogP contribution in [0.5, 0.6) is 5.75 Å². The lowest BCUT2D eigenvalue weighted by Crippen LogP contribution is -2.21. The second kappa shape index (κ2) is 5.69. The van der Waals surface area contributed by atoms with Gasteiger partial charge in [-0.3, -0.25) is 0 Å². The monoisotopic (exact) mass is 376 g/mol. The normalized spacial score (nSPS) is 11.2. The van der Waals surface area contributed by atoms with Gasteiger partial charge >= 0.3 is 12.3 Å². The molecule has 1 aromatic rings. The van der Waals surface area contributed by atoms with E-state index in [0.29, 0.717) is 3.57 Å². The molecular weight excluding hydrogens is 368 g/mol. The maximum absolute atomic E-state index is 12.2. The average molecular weight is 376 g/mol. The number of alkyl halides is 3. The highest BCUT2D eigenvalue weighted by molar-refractivity contribution is 14.1. The van der Waals surface area contributed by atoms with E-state index in [-0.39, 0.29) is 12.2 Å². The fourth-order valence-electron chi connectivity index (χ4n) is 1.10. The number of hydrogen-bond donors (Lipinski definition) is 1. The highest BCUT2D eigenvalue weighted by Gasteiger charge is 2.34. The lowest BCUT2D eigenvalue weighted by molar-refractivity contribution is -0.274. The largest absolute Gasteiger partial charge is 0.573 e. The number of pyridine rings is 1. The van der Waals surface area contributed by atoms with Crippen LogP contribution in [0.4, 0.5) is 13.2 Å². The van der Waals surface area contributed by atoms with Gasteiger partial charge in [-0.15, -0.1) is 13.2 Å². The first-order valence-electron chi connectivity index (χ1n) is 4.52. The summed E-state index contributed by atoms with van der Waals surface area (Å²) in [6.45, 7) is -0.0193. The lowest BCUT2D eigenvalue weighted by Gasteiger charge is -2.13. The first kappa shape index (κ1) is 15.0. The molecule has 0 aliphatic heterocycles. The molecular formula is C9H8F3IN2O3. The number of esters is 1. The van der Waals surface area contributed by atoms with Crippen LogP contribution >= 0.6 is 22.6 Å². The highest BCUT2D eigenvalue weighted by Crippen LogP contribution is 2.28. The molecule has 0 saturated heterocycles. The van der Waals surface area contributed by atoms with Gasteiger partial charge in [0.25, 0.3) is 0 Å². The van der Waals surface area contributed by atoms with Crippen molar-refractivity contribution in [3.8, 4) is 5.75 Å². The number of nitrogens with two attached hydrogens (primary N) is 1. The predicted molar refractivity (Wildman–Crippen MR) is 62.9 cm³/mol. The molecule has 0 aromatic carbocycles. The Morgan fingerprint density at radius 1 is 1.56 bits per heavy atom. The third kappa shape index (κ3) is 3.70. The first-order chi connectivity index (χ1) is 8.28. The van der Waals surface area contributed by atoms with Crippen LogP contribution < -0.4 is 10.5 Å². The topological polar surface area (TPSA) is 74.4 Å². The summed E-state index contributed by atoms with van der Waals surface area (Å²) in [7, 11) is 1.03. The number of methoxy groups -OCH3 is 1. The van der Waals surface area contributed by atoms with Gasteiger partial charge in [-0.2, -0.15) is 0 Å². The number of aromatic nitrogens is 1. The lowest BCUT2D eigenvalue weighted by atomic mass is 10.2. The van der Waals surface area contributed by atoms with Crippen LogP contribution in [0.15, 0.2) is 6.07 Å². The Morgan fingerprint density at radius 3 is 2.61 bits per heavy atom. The van der Waals surface area contributed by atoms with Crippen LogP contribution in [-0.2, 0) is 11.3 Å². The fourth-order valence-corrected chi connectivity index (χ4v) is 1.72. The maximum Gasteiger partial charge on any atom is 0.573 e. The standard InChI is InChI=1S/C9H8F3IN2O3/c1-17-8(16)7-6(18-9(10,11)12)2-4(13)5(3-14)15-7/h2H,3,14H2,1H3. The Labute approximate surface area is 114 Å². The Morgan fingerprint density at radius 2 is 2.17 bits per heavy atom. The van der Waals surface area contributed by atoms with Crippen molar-refractivity contribution < 1.29 is 27.4 Å². The van der Waals surface area contributed by atoms with Gasteiger partial charge in [-0.1, -0.05) is 0 Å². The van der Waals surface area contributed by atoms with Gasteiger partial charge in [0.05, 0.1) is 12.8 Å². The Bertz CT molecular complexity index is 465. The van der Waals surface area contributed by atoms with Crippen molar-refractivity contribution in [3.05, 3.63) is 21.0 Å². The molecule has 1 aromatic heterocycles. The van der Waals surface area contributed by atoms with Gasteiger partial charge in [-0.25, -0.2) is 9.78 Å². The number of hydrogen-bond acceptors (Lipinski definition) is 5. The molecule has 5 nitrogen and oxygen atoms in total. The smallest absolute Gasteiger partial charge is 0.464 e. The third-order valence-electron chi connectivity index (χ3n) is 1.81. The van der Waals surface area contributed by atoms with Crippen LogP contribution in [0.3, 0.4) is 0 Å². The zero-order valence-electron chi connectivity index (χ0n) is 9.05. The zero-order chi connectivity index (χ0) is 13.9. The number of carbonyl (C=O) groups excluding carboxylic acids is 1. The van der Waals surface area contributed by atoms with E-state index in [2.05, 4.69) is 14.5 Å². The molecule has 2 N–H and O–H groups in total. The minimum atomic E-state index is -4.92. The summed E-state index contributed by atoms with van der Waals surface area (Å²) in [4.78, 5) is 15.0. The van der Waals surface area contributed by atoms with E-state index >= 15 is 0 Å². The molecule has 0 saturated carbocycles. The van der Waals surface area contributed by atoms with Crippen molar-refractivity contribution in [1.82, 2.24) is 4.98 Å². The van der Waals surface area contributed by atoms with Crippen LogP contribution in [0, 0.1) is 3.57 Å². The van der Waals surface area contributed by atoms with Crippen molar-refractivity contribution >= 4 is 28.6 Å². The summed E-state index contributed by atoms with van der Waals surface area (Å²) in [6.07, 6.45) is -4.92. The molecule has 0 amide bonds. The van der Waals surface area contributed by atoms with E-state index in [1.54, 1.807) is 22.6 Å². The fraction of sp³-hybridized carbons (Fsp3) is 0.333. The van der Waals surface area contributed by atoms with Crippen LogP contribution in [-0.4, -0.2) is 24.4 Å². The van der Waals surface area contributed by atoms with Crippen molar-refractivity contribution in [2.75, 3.05) is 7.11 Å². The van der Waals surface area contributed by atoms with E-state index < -0.39 is 23.8 Å². The van der Waals surface area contributed by atoms with Gasteiger partial charge in [0.15, 0.2) is 11.4 Å². The number of nitrogens with zero attached hydrogens (tertiary/aromatic N) is 1. The van der Waals surface area contributed by atoms with Crippen LogP contribution in [0.1, 0.15) is 16.2 Å². The molecule has 9 heteroatoms. The molecule has 1 heterocycles. The Balaban J connectivity index is 3.30. The van der Waals surface area contributed by atoms with Gasteiger partial charge in [0.2, 0.25) is 0 Å². The highest BCUT2D eigenvalue weighted by atomic mass is 127. The molecule has 0 atom stereocenters. The quantitative estimate of drug-likeness (QED) is 0.644. The number of ether oxygens (including phenoxy) is 2. The molecule has 0 spiro atoms. The average Bonchev–Trinajstić information content (AvgIpc) is 2.26. The SMILES string of the molecule is COC(=O)c1nc(CN)c(I)cc1OC(F)(F)F. The third-order valence-corrected chi connectivity index (χ3v) is 2.75.